The smallest absolute Gasteiger partial charge is 0.317 e. The van der Waals surface area contributed by atoms with Gasteiger partial charge < -0.3 is 90.7 Å². The Hall–Kier alpha value is -6.16. The summed E-state index contributed by atoms with van der Waals surface area (Å²) in [6.07, 6.45) is 8.53. The largest absolute Gasteiger partial charge is 0.481 e. The zero-order chi connectivity index (χ0) is 79.2. The first-order valence-corrected chi connectivity index (χ1v) is 39.7. The Kier molecular flexibility index (Phi) is 51.4. The number of cyclic esters (lactones) is 6. The first kappa shape index (κ1) is 111. The molecule has 12 rings (SSSR count). The van der Waals surface area contributed by atoms with Crippen LogP contribution in [0.2, 0.25) is 0 Å². The number of carbonyl (C=O) groups is 12. The summed E-state index contributed by atoms with van der Waals surface area (Å²) in [5.41, 5.74) is 0. The lowest BCUT2D eigenvalue weighted by Crippen LogP contribution is -2.40. The van der Waals surface area contributed by atoms with E-state index in [1.54, 1.807) is 20.8 Å². The molecule has 4 saturated carbocycles. The van der Waals surface area contributed by atoms with E-state index < -0.39 is 113 Å². The number of carbonyl (C=O) groups excluding carboxylic acids is 10. The van der Waals surface area contributed by atoms with Crippen molar-refractivity contribution in [1.29, 1.82) is 0 Å². The fraction of sp³-hybridized carbons (Fsp3) is 0.860. The minimum atomic E-state index is -0.785. The zero-order valence-electron chi connectivity index (χ0n) is 65.0. The summed E-state index contributed by atoms with van der Waals surface area (Å²) in [5, 5.41) is 19.1. The molecule has 8 heterocycles. The first-order chi connectivity index (χ1) is 52.2. The molecule has 21 atom stereocenters. The van der Waals surface area contributed by atoms with Gasteiger partial charge in [-0.3, -0.25) is 57.5 Å². The number of fused-ring (bicyclic) bond motifs is 4. The molecule has 4 aliphatic carbocycles. The summed E-state index contributed by atoms with van der Waals surface area (Å²) in [6.45, 7) is 26.0. The lowest BCUT2D eigenvalue weighted by molar-refractivity contribution is -0.216. The number of hydrogen-bond acceptors (Lipinski definition) is 29. The van der Waals surface area contributed by atoms with Gasteiger partial charge in [0, 0.05) is 31.6 Å². The van der Waals surface area contributed by atoms with E-state index in [1.165, 1.54) is 0 Å². The van der Waals surface area contributed by atoms with Gasteiger partial charge in [-0.05, 0) is 124 Å². The average Bonchev–Trinajstić information content (AvgIpc) is 1.60. The highest BCUT2D eigenvalue weighted by Crippen LogP contribution is 2.60. The number of esters is 10. The van der Waals surface area contributed by atoms with Gasteiger partial charge in [0.25, 0.3) is 0 Å². The van der Waals surface area contributed by atoms with Crippen LogP contribution in [0.5, 0.6) is 0 Å². The van der Waals surface area contributed by atoms with Gasteiger partial charge in [-0.25, -0.2) is 0 Å². The van der Waals surface area contributed by atoms with E-state index in [0.717, 1.165) is 64.6 Å². The summed E-state index contributed by atoms with van der Waals surface area (Å²) < 4.78 is 89.4. The summed E-state index contributed by atoms with van der Waals surface area (Å²) >= 11 is 0. The fourth-order valence-corrected chi connectivity index (χ4v) is 17.6. The molecule has 4 bridgehead atoms. The number of carboxylic acid groups (broad SMARTS) is 2. The monoisotopic (exact) mass is 1680 g/mol. The minimum Gasteiger partial charge on any atom is -0.481 e. The predicted octanol–water partition coefficient (Wildman–Crippen LogP) is 12.9. The normalized spacial score (nSPS) is 30.2. The zero-order valence-corrected chi connectivity index (χ0v) is 65.0. The van der Waals surface area contributed by atoms with Crippen LogP contribution < -0.4 is 0 Å². The highest BCUT2D eigenvalue weighted by molar-refractivity contribution is 5.98. The van der Waals surface area contributed by atoms with Gasteiger partial charge in [0.2, 0.25) is 0 Å². The molecule has 0 aromatic rings. The van der Waals surface area contributed by atoms with Gasteiger partial charge in [-0.1, -0.05) is 129 Å². The number of hydrogen-bond donors (Lipinski definition) is 2. The molecule has 0 radical (unpaired) electrons. The van der Waals surface area contributed by atoms with E-state index in [1.807, 2.05) is 48.5 Å². The SMILES string of the molecule is C.C.C.C.C.C.C.C.CC1C(=O)OC(=O)C1CC(C(=O)OCCC1OCCCO1)C1C2CC(C(=O)O)C(C2)C1C.CC1C(=O)OC(=O)C1CC(C(=O)OCCC1OCCO1)C1C2CC(C(=O)O)C(C2)C1C.CCC(C)C(=O)OCCC1OCCCO1.CCC(C)C(=O)OCCC1OCCO1.CCC(C1OCCCO1)C1C(=O)OC(=O)C1C. The number of ether oxygens (including phenoxy) is 17. The van der Waals surface area contributed by atoms with Crippen LogP contribution in [0.25, 0.3) is 0 Å². The van der Waals surface area contributed by atoms with Gasteiger partial charge in [0.05, 0.1) is 164 Å². The molecule has 12 fully saturated rings. The Balaban J connectivity index is 0.00000147. The Morgan fingerprint density at radius 2 is 0.667 bits per heavy atom. The van der Waals surface area contributed by atoms with Crippen LogP contribution in [-0.2, 0) is 138 Å². The third kappa shape index (κ3) is 30.1. The van der Waals surface area contributed by atoms with E-state index in [4.69, 9.17) is 75.8 Å². The molecule has 21 unspecified atom stereocenters. The van der Waals surface area contributed by atoms with Gasteiger partial charge in [0.15, 0.2) is 31.5 Å². The van der Waals surface area contributed by atoms with E-state index in [9.17, 15) is 67.7 Å². The second-order valence-corrected chi connectivity index (χ2v) is 30.9. The highest BCUT2D eigenvalue weighted by atomic mass is 16.7. The Bertz CT molecular complexity index is 3020. The third-order valence-electron chi connectivity index (χ3n) is 24.2. The lowest BCUT2D eigenvalue weighted by Gasteiger charge is -2.37. The Labute approximate surface area is 696 Å². The predicted molar refractivity (Wildman–Crippen MR) is 429 cm³/mol. The number of aliphatic carboxylic acids is 2. The molecular formula is C86H150O31. The second kappa shape index (κ2) is 54.3. The maximum Gasteiger partial charge on any atom is 0.317 e. The van der Waals surface area contributed by atoms with Crippen LogP contribution in [-0.4, -0.2) is 206 Å². The molecule has 0 spiro atoms. The van der Waals surface area contributed by atoms with Crippen molar-refractivity contribution in [2.45, 2.75) is 263 Å². The van der Waals surface area contributed by atoms with E-state index in [-0.39, 0.29) is 200 Å². The fourth-order valence-electron chi connectivity index (χ4n) is 17.6. The second-order valence-electron chi connectivity index (χ2n) is 30.9. The van der Waals surface area contributed by atoms with Crippen molar-refractivity contribution in [3.05, 3.63) is 0 Å². The molecule has 680 valence electrons. The first-order valence-electron chi connectivity index (χ1n) is 39.7. The van der Waals surface area contributed by atoms with Gasteiger partial charge in [0.1, 0.15) is 0 Å². The van der Waals surface area contributed by atoms with Gasteiger partial charge in [-0.15, -0.1) is 0 Å². The molecule has 2 N–H and O–H groups in total. The summed E-state index contributed by atoms with van der Waals surface area (Å²) in [4.78, 5) is 143. The minimum absolute atomic E-state index is 0. The van der Waals surface area contributed by atoms with Crippen molar-refractivity contribution in [1.82, 2.24) is 0 Å². The molecule has 8 aliphatic heterocycles. The maximum atomic E-state index is 13.2. The Morgan fingerprint density at radius 3 is 0.932 bits per heavy atom. The van der Waals surface area contributed by atoms with Crippen molar-refractivity contribution >= 4 is 71.6 Å². The molecule has 12 aliphatic rings. The van der Waals surface area contributed by atoms with Crippen molar-refractivity contribution < 1.29 is 148 Å². The molecule has 0 aromatic carbocycles. The molecule has 0 aromatic heterocycles. The summed E-state index contributed by atoms with van der Waals surface area (Å²) in [7, 11) is 0. The standard InChI is InChI=1S/C23H32O9.C22H30O9.C12H18O5.C11H20O4.C10H18O4.8CH4/c1-11-14-8-13(9-16(14)20(24)25)19(11)17(10-15-12(2)21(26)32-23(15)28)22(27)31-7-4-18-29-5-3-6-30-18;1-10-13-7-12(8-15(13)19(23)24)18(10)16(9-14-11(2)20(25)31-22(14)27)21(26)30-4-3-17-28-5-6-29-17;1-3-8(12-15-5-4-6-16-12)9-7(2)10(13)17-11(9)14;1-3-9(2)11(12)15-8-5-10-13-6-4-7-14-10;1-3-8(2)10(11)14-5-4-9-12-6-7-13-9;;;;;;;;/h11-19H,3-10H2,1-2H3,(H,24,25);10-18H,3-9H2,1-2H3,(H,23,24);7-9,12H,3-6H2,1-2H3;9-10H,3-8H2,1-2H3;8-9H,3-7H2,1-2H3;8*1H4. The van der Waals surface area contributed by atoms with Gasteiger partial charge in [-0.2, -0.15) is 0 Å². The molecule has 0 amide bonds. The maximum absolute atomic E-state index is 13.2. The van der Waals surface area contributed by atoms with Gasteiger partial charge >= 0.3 is 71.6 Å². The number of rotatable bonds is 29. The molecular weight excluding hydrogens is 1530 g/mol. The van der Waals surface area contributed by atoms with Crippen molar-refractivity contribution in [3.8, 4) is 0 Å². The lowest BCUT2D eigenvalue weighted by atomic mass is 9.67. The highest BCUT2D eigenvalue weighted by Gasteiger charge is 2.60. The van der Waals surface area contributed by atoms with Crippen LogP contribution in [0.4, 0.5) is 0 Å². The Morgan fingerprint density at radius 1 is 0.376 bits per heavy atom. The van der Waals surface area contributed by atoms with E-state index in [2.05, 4.69) is 4.74 Å². The van der Waals surface area contributed by atoms with Crippen molar-refractivity contribution in [2.75, 3.05) is 92.5 Å². The van der Waals surface area contributed by atoms with E-state index in [0.29, 0.717) is 105 Å². The third-order valence-corrected chi connectivity index (χ3v) is 24.2. The van der Waals surface area contributed by atoms with E-state index >= 15 is 0 Å². The van der Waals surface area contributed by atoms with Crippen molar-refractivity contribution in [2.24, 2.45) is 124 Å². The quantitative estimate of drug-likeness (QED) is 0.0399. The molecule has 117 heavy (non-hydrogen) atoms. The van der Waals surface area contributed by atoms with Crippen LogP contribution >= 0.6 is 0 Å². The van der Waals surface area contributed by atoms with Crippen molar-refractivity contribution in [3.63, 3.8) is 0 Å². The molecule has 31 heteroatoms. The van der Waals surface area contributed by atoms with Crippen LogP contribution in [0.15, 0.2) is 0 Å². The average molecular weight is 1680 g/mol. The summed E-state index contributed by atoms with van der Waals surface area (Å²) in [6, 6.07) is 0. The van der Waals surface area contributed by atoms with Crippen LogP contribution in [0.1, 0.15) is 231 Å². The van der Waals surface area contributed by atoms with Crippen LogP contribution in [0.3, 0.4) is 0 Å². The van der Waals surface area contributed by atoms with Crippen LogP contribution in [0, 0.1) is 124 Å². The summed E-state index contributed by atoms with van der Waals surface area (Å²) in [5.74, 6) is -11.3. The topological polar surface area (TPSA) is 402 Å². The number of carboxylic acids is 2. The molecule has 31 nitrogen and oxygen atoms in total. The molecule has 8 saturated heterocycles.